The molecule has 0 amide bonds. The van der Waals surface area contributed by atoms with Crippen LogP contribution in [-0.2, 0) is 18.2 Å². The van der Waals surface area contributed by atoms with Crippen LogP contribution in [0.2, 0.25) is 0 Å². The summed E-state index contributed by atoms with van der Waals surface area (Å²) in [4.78, 5) is 11.6. The number of aromatic nitrogens is 2. The molecule has 0 unspecified atom stereocenters. The molecule has 0 bridgehead atoms. The first-order valence-corrected chi connectivity index (χ1v) is 5.49. The predicted molar refractivity (Wildman–Crippen MR) is 61.1 cm³/mol. The molecule has 0 aromatic carbocycles. The van der Waals surface area contributed by atoms with E-state index in [1.54, 1.807) is 18.7 Å². The van der Waals surface area contributed by atoms with Crippen molar-refractivity contribution in [2.24, 2.45) is 12.8 Å². The van der Waals surface area contributed by atoms with Crippen molar-refractivity contribution < 1.29 is 9.53 Å². The Morgan fingerprint density at radius 3 is 2.94 bits per heavy atom. The lowest BCUT2D eigenvalue weighted by Gasteiger charge is -2.04. The first-order valence-electron chi connectivity index (χ1n) is 5.49. The highest BCUT2D eigenvalue weighted by molar-refractivity contribution is 5.88. The van der Waals surface area contributed by atoms with Crippen molar-refractivity contribution >= 4 is 5.97 Å². The average molecular weight is 225 g/mol. The van der Waals surface area contributed by atoms with Gasteiger partial charge < -0.3 is 10.5 Å². The second-order valence-corrected chi connectivity index (χ2v) is 3.91. The Bertz CT molecular complexity index is 358. The predicted octanol–water partition coefficient (Wildman–Crippen LogP) is 0.877. The molecule has 0 saturated heterocycles. The van der Waals surface area contributed by atoms with Gasteiger partial charge in [0.15, 0.2) is 5.69 Å². The van der Waals surface area contributed by atoms with E-state index in [4.69, 9.17) is 10.5 Å². The van der Waals surface area contributed by atoms with Crippen LogP contribution in [0.5, 0.6) is 0 Å². The third-order valence-electron chi connectivity index (χ3n) is 2.24. The van der Waals surface area contributed by atoms with E-state index in [2.05, 4.69) is 5.10 Å². The van der Waals surface area contributed by atoms with Crippen molar-refractivity contribution in [3.63, 3.8) is 0 Å². The number of hydrogen-bond donors (Lipinski definition) is 1. The van der Waals surface area contributed by atoms with Crippen LogP contribution in [0.15, 0.2) is 6.20 Å². The SMILES string of the molecule is CCOC(=O)c1nn(C)cc1CC[C@H](C)N. The van der Waals surface area contributed by atoms with Gasteiger partial charge in [0.2, 0.25) is 0 Å². The number of rotatable bonds is 5. The van der Waals surface area contributed by atoms with Crippen LogP contribution in [0.1, 0.15) is 36.3 Å². The number of carbonyl (C=O) groups is 1. The second-order valence-electron chi connectivity index (χ2n) is 3.91. The third-order valence-corrected chi connectivity index (χ3v) is 2.24. The standard InChI is InChI=1S/C11H19N3O2/c1-4-16-11(15)10-9(6-5-8(2)12)7-14(3)13-10/h7-8H,4-6,12H2,1-3H3/t8-/m0/s1. The van der Waals surface area contributed by atoms with Gasteiger partial charge in [0.1, 0.15) is 0 Å². The quantitative estimate of drug-likeness (QED) is 0.755. The molecule has 1 rings (SSSR count). The average Bonchev–Trinajstić information content (AvgIpc) is 2.57. The largest absolute Gasteiger partial charge is 0.461 e. The van der Waals surface area contributed by atoms with Gasteiger partial charge in [-0.05, 0) is 26.7 Å². The Balaban J connectivity index is 2.78. The van der Waals surface area contributed by atoms with E-state index >= 15 is 0 Å². The lowest BCUT2D eigenvalue weighted by Crippen LogP contribution is -2.16. The van der Waals surface area contributed by atoms with Crippen molar-refractivity contribution in [2.45, 2.75) is 32.7 Å². The van der Waals surface area contributed by atoms with Crippen LogP contribution in [0.3, 0.4) is 0 Å². The lowest BCUT2D eigenvalue weighted by molar-refractivity contribution is 0.0517. The van der Waals surface area contributed by atoms with E-state index < -0.39 is 0 Å². The summed E-state index contributed by atoms with van der Waals surface area (Å²) >= 11 is 0. The highest BCUT2D eigenvalue weighted by atomic mass is 16.5. The zero-order valence-electron chi connectivity index (χ0n) is 10.1. The summed E-state index contributed by atoms with van der Waals surface area (Å²) in [5.74, 6) is -0.359. The van der Waals surface area contributed by atoms with Crippen molar-refractivity contribution in [1.82, 2.24) is 9.78 Å². The highest BCUT2D eigenvalue weighted by Gasteiger charge is 2.16. The van der Waals surface area contributed by atoms with Gasteiger partial charge in [0.05, 0.1) is 6.61 Å². The molecule has 16 heavy (non-hydrogen) atoms. The van der Waals surface area contributed by atoms with Gasteiger partial charge in [-0.3, -0.25) is 4.68 Å². The van der Waals surface area contributed by atoms with Crippen molar-refractivity contribution in [2.75, 3.05) is 6.61 Å². The van der Waals surface area contributed by atoms with Crippen LogP contribution >= 0.6 is 0 Å². The minimum atomic E-state index is -0.359. The van der Waals surface area contributed by atoms with Crippen molar-refractivity contribution in [3.05, 3.63) is 17.5 Å². The smallest absolute Gasteiger partial charge is 0.359 e. The number of nitrogens with two attached hydrogens (primary N) is 1. The van der Waals surface area contributed by atoms with E-state index in [0.717, 1.165) is 18.4 Å². The summed E-state index contributed by atoms with van der Waals surface area (Å²) in [6.07, 6.45) is 3.42. The van der Waals surface area contributed by atoms with Crippen LogP contribution < -0.4 is 5.73 Å². The first-order chi connectivity index (χ1) is 7.54. The van der Waals surface area contributed by atoms with E-state index in [-0.39, 0.29) is 12.0 Å². The number of hydrogen-bond acceptors (Lipinski definition) is 4. The molecule has 1 atom stereocenters. The van der Waals surface area contributed by atoms with Gasteiger partial charge in [0, 0.05) is 24.8 Å². The maximum atomic E-state index is 11.6. The molecule has 1 aromatic heterocycles. The van der Waals surface area contributed by atoms with Crippen LogP contribution in [0.4, 0.5) is 0 Å². The van der Waals surface area contributed by atoms with Crippen LogP contribution in [-0.4, -0.2) is 28.4 Å². The molecule has 0 aliphatic rings. The fourth-order valence-corrected chi connectivity index (χ4v) is 1.47. The van der Waals surface area contributed by atoms with E-state index in [9.17, 15) is 4.79 Å². The van der Waals surface area contributed by atoms with E-state index in [0.29, 0.717) is 12.3 Å². The zero-order valence-corrected chi connectivity index (χ0v) is 10.1. The van der Waals surface area contributed by atoms with Gasteiger partial charge in [-0.15, -0.1) is 0 Å². The molecule has 90 valence electrons. The monoisotopic (exact) mass is 225 g/mol. The highest BCUT2D eigenvalue weighted by Crippen LogP contribution is 2.11. The number of ether oxygens (including phenoxy) is 1. The Morgan fingerprint density at radius 2 is 2.38 bits per heavy atom. The molecule has 0 spiro atoms. The fourth-order valence-electron chi connectivity index (χ4n) is 1.47. The zero-order chi connectivity index (χ0) is 12.1. The molecule has 5 heteroatoms. The van der Waals surface area contributed by atoms with Crippen LogP contribution in [0.25, 0.3) is 0 Å². The Morgan fingerprint density at radius 1 is 1.69 bits per heavy atom. The van der Waals surface area contributed by atoms with Gasteiger partial charge >= 0.3 is 5.97 Å². The molecule has 0 aliphatic carbocycles. The minimum Gasteiger partial charge on any atom is -0.461 e. The minimum absolute atomic E-state index is 0.121. The van der Waals surface area contributed by atoms with Crippen LogP contribution in [0, 0.1) is 0 Å². The summed E-state index contributed by atoms with van der Waals surface area (Å²) < 4.78 is 6.57. The maximum absolute atomic E-state index is 11.6. The third kappa shape index (κ3) is 3.34. The summed E-state index contributed by atoms with van der Waals surface area (Å²) in [6.45, 7) is 4.09. The molecular weight excluding hydrogens is 206 g/mol. The summed E-state index contributed by atoms with van der Waals surface area (Å²) in [5.41, 5.74) is 7.00. The molecule has 5 nitrogen and oxygen atoms in total. The second kappa shape index (κ2) is 5.65. The Hall–Kier alpha value is -1.36. The van der Waals surface area contributed by atoms with Gasteiger partial charge in [0.25, 0.3) is 0 Å². The topological polar surface area (TPSA) is 70.1 Å². The summed E-state index contributed by atoms with van der Waals surface area (Å²) in [6, 6.07) is 0.121. The molecule has 0 saturated carbocycles. The van der Waals surface area contributed by atoms with Gasteiger partial charge in [-0.2, -0.15) is 5.10 Å². The molecule has 0 radical (unpaired) electrons. The lowest BCUT2D eigenvalue weighted by atomic mass is 10.1. The molecule has 1 heterocycles. The normalized spacial score (nSPS) is 12.5. The van der Waals surface area contributed by atoms with Gasteiger partial charge in [-0.25, -0.2) is 4.79 Å². The number of carbonyl (C=O) groups excluding carboxylic acids is 1. The molecule has 0 fully saturated rings. The van der Waals surface area contributed by atoms with Crippen molar-refractivity contribution in [1.29, 1.82) is 0 Å². The molecule has 2 N–H and O–H groups in total. The number of aryl methyl sites for hydroxylation is 2. The first kappa shape index (κ1) is 12.7. The molecule has 0 aliphatic heterocycles. The molecule has 1 aromatic rings. The number of nitrogens with zero attached hydrogens (tertiary/aromatic N) is 2. The fraction of sp³-hybridized carbons (Fsp3) is 0.636. The Labute approximate surface area is 95.6 Å². The van der Waals surface area contributed by atoms with E-state index in [1.165, 1.54) is 0 Å². The Kier molecular flexibility index (Phi) is 4.49. The molecular formula is C11H19N3O2. The number of esters is 1. The van der Waals surface area contributed by atoms with E-state index in [1.807, 2.05) is 13.1 Å². The summed E-state index contributed by atoms with van der Waals surface area (Å²) in [5, 5.41) is 4.11. The maximum Gasteiger partial charge on any atom is 0.359 e. The van der Waals surface area contributed by atoms with Crippen molar-refractivity contribution in [3.8, 4) is 0 Å². The van der Waals surface area contributed by atoms with Gasteiger partial charge in [-0.1, -0.05) is 0 Å². The summed E-state index contributed by atoms with van der Waals surface area (Å²) in [7, 11) is 1.79.